The van der Waals surface area contributed by atoms with Crippen LogP contribution >= 0.6 is 11.6 Å². The van der Waals surface area contributed by atoms with E-state index in [4.69, 9.17) is 32.2 Å². The normalized spacial score (nSPS) is 10.6. The van der Waals surface area contributed by atoms with Crippen molar-refractivity contribution in [3.05, 3.63) is 59.2 Å². The molecule has 158 valence electrons. The van der Waals surface area contributed by atoms with Crippen molar-refractivity contribution in [3.8, 4) is 29.6 Å². The van der Waals surface area contributed by atoms with Crippen LogP contribution in [0.4, 0.5) is 0 Å². The molecule has 8 heteroatoms. The molecule has 2 aromatic carbocycles. The molecule has 0 aliphatic carbocycles. The predicted octanol–water partition coefficient (Wildman–Crippen LogP) is 3.83. The van der Waals surface area contributed by atoms with Crippen LogP contribution in [0.25, 0.3) is 10.9 Å². The highest BCUT2D eigenvalue weighted by Crippen LogP contribution is 2.36. The minimum Gasteiger partial charge on any atom is -0.490 e. The zero-order valence-electron chi connectivity index (χ0n) is 16.8. The Morgan fingerprint density at radius 2 is 2.06 bits per heavy atom. The zero-order valence-corrected chi connectivity index (χ0v) is 17.6. The molecule has 0 unspecified atom stereocenters. The third-order valence-corrected chi connectivity index (χ3v) is 4.27. The summed E-state index contributed by atoms with van der Waals surface area (Å²) in [5.74, 6) is 3.28. The maximum atomic E-state index is 12.1. The minimum atomic E-state index is -0.422. The molecule has 0 atom stereocenters. The van der Waals surface area contributed by atoms with E-state index in [1.165, 1.54) is 6.21 Å². The fourth-order valence-electron chi connectivity index (χ4n) is 2.73. The summed E-state index contributed by atoms with van der Waals surface area (Å²) >= 11 is 6.26. The van der Waals surface area contributed by atoms with Gasteiger partial charge in [0.25, 0.3) is 5.91 Å². The maximum absolute atomic E-state index is 12.1. The third kappa shape index (κ3) is 5.87. The van der Waals surface area contributed by atoms with Gasteiger partial charge in [0.2, 0.25) is 0 Å². The first-order valence-corrected chi connectivity index (χ1v) is 9.81. The Morgan fingerprint density at radius 1 is 1.23 bits per heavy atom. The number of fused-ring (bicyclic) bond motifs is 1. The SMILES string of the molecule is C#CCOc1c(Cl)cc(/C=N/NC(=O)COc2cccc3cccnc23)cc1OCC. The van der Waals surface area contributed by atoms with E-state index in [1.807, 2.05) is 31.2 Å². The quantitative estimate of drug-likeness (QED) is 0.312. The second-order valence-electron chi connectivity index (χ2n) is 6.17. The summed E-state index contributed by atoms with van der Waals surface area (Å²) in [4.78, 5) is 16.4. The van der Waals surface area contributed by atoms with Gasteiger partial charge >= 0.3 is 0 Å². The summed E-state index contributed by atoms with van der Waals surface area (Å²) in [7, 11) is 0. The zero-order chi connectivity index (χ0) is 22.1. The molecule has 0 aliphatic rings. The second kappa shape index (κ2) is 10.9. The van der Waals surface area contributed by atoms with Gasteiger partial charge in [-0.15, -0.1) is 6.42 Å². The number of benzene rings is 2. The average molecular weight is 438 g/mol. The van der Waals surface area contributed by atoms with Crippen molar-refractivity contribution in [2.24, 2.45) is 5.10 Å². The van der Waals surface area contributed by atoms with Gasteiger partial charge in [0.15, 0.2) is 18.1 Å². The molecule has 1 aromatic heterocycles. The highest BCUT2D eigenvalue weighted by atomic mass is 35.5. The standard InChI is InChI=1S/C23H20ClN3O4/c1-3-11-30-23-18(24)12-16(13-20(23)29-4-2)14-26-27-21(28)15-31-19-9-5-7-17-8-6-10-25-22(17)19/h1,5-10,12-14H,4,11,15H2,2H3,(H,27,28)/b26-14+. The summed E-state index contributed by atoms with van der Waals surface area (Å²) in [5, 5.41) is 5.19. The number of nitrogens with one attached hydrogen (secondary N) is 1. The van der Waals surface area contributed by atoms with E-state index in [1.54, 1.807) is 24.4 Å². The molecule has 0 fully saturated rings. The van der Waals surface area contributed by atoms with Crippen LogP contribution in [0.1, 0.15) is 12.5 Å². The van der Waals surface area contributed by atoms with Crippen molar-refractivity contribution in [2.75, 3.05) is 19.8 Å². The number of terminal acetylenes is 1. The Balaban J connectivity index is 1.62. The molecule has 1 heterocycles. The molecule has 1 amide bonds. The number of ether oxygens (including phenoxy) is 3. The van der Waals surface area contributed by atoms with Crippen molar-refractivity contribution in [2.45, 2.75) is 6.92 Å². The van der Waals surface area contributed by atoms with Gasteiger partial charge < -0.3 is 14.2 Å². The molecule has 0 aliphatic heterocycles. The molecule has 3 aromatic rings. The van der Waals surface area contributed by atoms with Crippen LogP contribution in [0.2, 0.25) is 5.02 Å². The van der Waals surface area contributed by atoms with Gasteiger partial charge in [-0.2, -0.15) is 5.10 Å². The summed E-state index contributed by atoms with van der Waals surface area (Å²) in [5.41, 5.74) is 3.71. The van der Waals surface area contributed by atoms with E-state index in [0.29, 0.717) is 40.0 Å². The number of nitrogens with zero attached hydrogens (tertiary/aromatic N) is 2. The lowest BCUT2D eigenvalue weighted by atomic mass is 10.2. The largest absolute Gasteiger partial charge is 0.490 e. The molecule has 0 bridgehead atoms. The monoisotopic (exact) mass is 437 g/mol. The van der Waals surface area contributed by atoms with Gasteiger partial charge in [0, 0.05) is 11.6 Å². The van der Waals surface area contributed by atoms with E-state index in [0.717, 1.165) is 5.39 Å². The predicted molar refractivity (Wildman–Crippen MR) is 120 cm³/mol. The Labute approximate surface area is 185 Å². The average Bonchev–Trinajstić information content (AvgIpc) is 2.77. The molecule has 0 saturated carbocycles. The van der Waals surface area contributed by atoms with Gasteiger partial charge in [-0.25, -0.2) is 5.43 Å². The first-order chi connectivity index (χ1) is 15.1. The van der Waals surface area contributed by atoms with Crippen LogP contribution in [0.3, 0.4) is 0 Å². The van der Waals surface area contributed by atoms with Gasteiger partial charge in [-0.3, -0.25) is 9.78 Å². The Hall–Kier alpha value is -3.76. The van der Waals surface area contributed by atoms with E-state index < -0.39 is 5.91 Å². The lowest BCUT2D eigenvalue weighted by Gasteiger charge is -2.12. The molecule has 1 N–H and O–H groups in total. The molecule has 0 radical (unpaired) electrons. The first-order valence-electron chi connectivity index (χ1n) is 9.43. The number of rotatable bonds is 9. The van der Waals surface area contributed by atoms with Crippen molar-refractivity contribution >= 4 is 34.6 Å². The van der Waals surface area contributed by atoms with Crippen LogP contribution in [0.15, 0.2) is 53.8 Å². The number of amides is 1. The van der Waals surface area contributed by atoms with E-state index >= 15 is 0 Å². The van der Waals surface area contributed by atoms with Gasteiger partial charge in [0.05, 0.1) is 17.8 Å². The summed E-state index contributed by atoms with van der Waals surface area (Å²) in [6.07, 6.45) is 8.34. The number of carbonyl (C=O) groups is 1. The number of pyridine rings is 1. The highest BCUT2D eigenvalue weighted by Gasteiger charge is 2.12. The van der Waals surface area contributed by atoms with Crippen molar-refractivity contribution < 1.29 is 19.0 Å². The second-order valence-corrected chi connectivity index (χ2v) is 6.58. The Bertz CT molecular complexity index is 1140. The van der Waals surface area contributed by atoms with Crippen LogP contribution in [0.5, 0.6) is 17.2 Å². The molecular formula is C23H20ClN3O4. The van der Waals surface area contributed by atoms with E-state index in [2.05, 4.69) is 21.4 Å². The highest BCUT2D eigenvalue weighted by molar-refractivity contribution is 6.32. The minimum absolute atomic E-state index is 0.0650. The number of hydrogen-bond donors (Lipinski definition) is 1. The Kier molecular flexibility index (Phi) is 7.68. The lowest BCUT2D eigenvalue weighted by Crippen LogP contribution is -2.24. The van der Waals surface area contributed by atoms with Gasteiger partial charge in [-0.05, 0) is 36.8 Å². The number of halogens is 1. The smallest absolute Gasteiger partial charge is 0.277 e. The molecule has 0 spiro atoms. The number of hydrogen-bond acceptors (Lipinski definition) is 6. The molecule has 0 saturated heterocycles. The van der Waals surface area contributed by atoms with Crippen molar-refractivity contribution in [1.82, 2.24) is 10.4 Å². The summed E-state index contributed by atoms with van der Waals surface area (Å²) < 4.78 is 16.6. The van der Waals surface area contributed by atoms with Crippen molar-refractivity contribution in [1.29, 1.82) is 0 Å². The number of carbonyl (C=O) groups excluding carboxylic acids is 1. The fraction of sp³-hybridized carbons (Fsp3) is 0.174. The van der Waals surface area contributed by atoms with Crippen molar-refractivity contribution in [3.63, 3.8) is 0 Å². The molecule has 7 nitrogen and oxygen atoms in total. The Morgan fingerprint density at radius 3 is 2.87 bits per heavy atom. The maximum Gasteiger partial charge on any atom is 0.277 e. The summed E-state index contributed by atoms with van der Waals surface area (Å²) in [6.45, 7) is 2.11. The number of hydrazone groups is 1. The fourth-order valence-corrected chi connectivity index (χ4v) is 3.00. The van der Waals surface area contributed by atoms with Gasteiger partial charge in [0.1, 0.15) is 17.9 Å². The molecular weight excluding hydrogens is 418 g/mol. The van der Waals surface area contributed by atoms with Crippen LogP contribution in [-0.4, -0.2) is 36.9 Å². The third-order valence-electron chi connectivity index (χ3n) is 3.99. The van der Waals surface area contributed by atoms with E-state index in [9.17, 15) is 4.79 Å². The first kappa shape index (κ1) is 21.9. The molecule has 3 rings (SSSR count). The van der Waals surface area contributed by atoms with E-state index in [-0.39, 0.29) is 13.2 Å². The van der Waals surface area contributed by atoms with Crippen LogP contribution in [-0.2, 0) is 4.79 Å². The number of aromatic nitrogens is 1. The summed E-state index contributed by atoms with van der Waals surface area (Å²) in [6, 6.07) is 12.6. The molecule has 31 heavy (non-hydrogen) atoms. The topological polar surface area (TPSA) is 82.0 Å². The number of para-hydroxylation sites is 1. The van der Waals surface area contributed by atoms with Gasteiger partial charge in [-0.1, -0.05) is 35.7 Å². The van der Waals surface area contributed by atoms with Crippen LogP contribution < -0.4 is 19.6 Å². The lowest BCUT2D eigenvalue weighted by molar-refractivity contribution is -0.123. The van der Waals surface area contributed by atoms with Crippen LogP contribution in [0, 0.1) is 12.3 Å².